The van der Waals surface area contributed by atoms with Gasteiger partial charge in [0.05, 0.1) is 36.0 Å². The Bertz CT molecular complexity index is 1090. The van der Waals surface area contributed by atoms with E-state index in [1.54, 1.807) is 21.0 Å². The number of rotatable bonds is 9. The fourth-order valence-electron chi connectivity index (χ4n) is 3.86. The molecule has 1 N–H and O–H groups in total. The number of amides is 2. The number of nitrogens with one attached hydrogen (secondary N) is 1. The molecule has 1 atom stereocenters. The number of esters is 1. The summed E-state index contributed by atoms with van der Waals surface area (Å²) in [6.07, 6.45) is 4.42. The molecule has 3 heterocycles. The van der Waals surface area contributed by atoms with Crippen LogP contribution in [-0.4, -0.2) is 77.1 Å². The number of carbonyl (C=O) groups excluding carboxylic acids is 3. The fraction of sp³-hybridized carbons (Fsp3) is 0.591. The van der Waals surface area contributed by atoms with Gasteiger partial charge in [0.15, 0.2) is 5.16 Å². The average molecular weight is 508 g/mol. The minimum atomic E-state index is -0.597. The third-order valence-corrected chi connectivity index (χ3v) is 7.98. The molecule has 1 aliphatic carbocycles. The van der Waals surface area contributed by atoms with Crippen LogP contribution in [0.3, 0.4) is 0 Å². The molecule has 2 aromatic heterocycles. The van der Waals surface area contributed by atoms with Crippen LogP contribution >= 0.6 is 23.1 Å². The molecule has 10 nitrogen and oxygen atoms in total. The van der Waals surface area contributed by atoms with Gasteiger partial charge in [0, 0.05) is 26.6 Å². The van der Waals surface area contributed by atoms with Crippen molar-refractivity contribution in [1.82, 2.24) is 19.7 Å². The summed E-state index contributed by atoms with van der Waals surface area (Å²) < 4.78 is 12.8. The first-order valence-corrected chi connectivity index (χ1v) is 13.0. The standard InChI is InChI=1S/C22H29N5O5S2/c1-12-16(21(30)31-4)19(34-17(12)20(29)26(2)3)23-15(28)11-33-22-25-24-18(13-7-8-13)27(22)10-14-6-5-9-32-14/h13-14H,5-11H2,1-4H3,(H,23,28). The van der Waals surface area contributed by atoms with E-state index in [0.29, 0.717) is 33.1 Å². The van der Waals surface area contributed by atoms with Gasteiger partial charge in [-0.05, 0) is 38.2 Å². The SMILES string of the molecule is COC(=O)c1c(NC(=O)CSc2nnc(C3CC3)n2CC2CCCO2)sc(C(=O)N(C)C)c1C. The van der Waals surface area contributed by atoms with Crippen molar-refractivity contribution >= 4 is 45.9 Å². The minimum absolute atomic E-state index is 0.0862. The molecule has 184 valence electrons. The van der Waals surface area contributed by atoms with Crippen molar-refractivity contribution in [2.24, 2.45) is 0 Å². The Labute approximate surface area is 206 Å². The van der Waals surface area contributed by atoms with Crippen molar-refractivity contribution in [2.45, 2.75) is 56.3 Å². The lowest BCUT2D eigenvalue weighted by molar-refractivity contribution is -0.113. The Hall–Kier alpha value is -2.44. The number of thioether (sulfide) groups is 1. The highest BCUT2D eigenvalue weighted by molar-refractivity contribution is 7.99. The number of ether oxygens (including phenoxy) is 2. The van der Waals surface area contributed by atoms with Gasteiger partial charge in [-0.3, -0.25) is 9.59 Å². The molecular formula is C22H29N5O5S2. The molecule has 4 rings (SSSR count). The molecular weight excluding hydrogens is 478 g/mol. The first kappa shape index (κ1) is 24.7. The van der Waals surface area contributed by atoms with Gasteiger partial charge in [-0.2, -0.15) is 0 Å². The summed E-state index contributed by atoms with van der Waals surface area (Å²) in [6.45, 7) is 3.14. The molecule has 2 aromatic rings. The molecule has 1 aliphatic heterocycles. The first-order valence-electron chi connectivity index (χ1n) is 11.2. The van der Waals surface area contributed by atoms with Crippen LogP contribution in [0.15, 0.2) is 5.16 Å². The van der Waals surface area contributed by atoms with Crippen molar-refractivity contribution in [3.05, 3.63) is 21.8 Å². The number of hydrogen-bond donors (Lipinski definition) is 1. The molecule has 2 fully saturated rings. The molecule has 12 heteroatoms. The van der Waals surface area contributed by atoms with E-state index in [1.165, 1.54) is 23.8 Å². The van der Waals surface area contributed by atoms with E-state index in [2.05, 4.69) is 20.1 Å². The largest absolute Gasteiger partial charge is 0.465 e. The summed E-state index contributed by atoms with van der Waals surface area (Å²) in [5.41, 5.74) is 0.692. The van der Waals surface area contributed by atoms with E-state index in [4.69, 9.17) is 9.47 Å². The van der Waals surface area contributed by atoms with E-state index in [9.17, 15) is 14.4 Å². The van der Waals surface area contributed by atoms with Crippen molar-refractivity contribution in [3.63, 3.8) is 0 Å². The van der Waals surface area contributed by atoms with Crippen LogP contribution in [0, 0.1) is 6.92 Å². The summed E-state index contributed by atoms with van der Waals surface area (Å²) in [4.78, 5) is 39.5. The lowest BCUT2D eigenvalue weighted by Gasteiger charge is -2.14. The molecule has 0 radical (unpaired) electrons. The average Bonchev–Trinajstić information content (AvgIpc) is 3.22. The zero-order chi connectivity index (χ0) is 24.4. The number of thiophene rings is 1. The van der Waals surface area contributed by atoms with Crippen LogP contribution in [0.4, 0.5) is 5.00 Å². The topological polar surface area (TPSA) is 116 Å². The van der Waals surface area contributed by atoms with Crippen molar-refractivity contribution in [3.8, 4) is 0 Å². The molecule has 1 unspecified atom stereocenters. The summed E-state index contributed by atoms with van der Waals surface area (Å²) in [7, 11) is 4.54. The summed E-state index contributed by atoms with van der Waals surface area (Å²) in [6, 6.07) is 0. The maximum Gasteiger partial charge on any atom is 0.341 e. The van der Waals surface area contributed by atoms with E-state index >= 15 is 0 Å². The zero-order valence-corrected chi connectivity index (χ0v) is 21.4. The van der Waals surface area contributed by atoms with Gasteiger partial charge in [0.1, 0.15) is 10.8 Å². The molecule has 1 saturated heterocycles. The predicted molar refractivity (Wildman–Crippen MR) is 129 cm³/mol. The first-order chi connectivity index (χ1) is 16.3. The van der Waals surface area contributed by atoms with Crippen LogP contribution in [0.1, 0.15) is 63.0 Å². The number of aromatic nitrogens is 3. The number of carbonyl (C=O) groups is 3. The van der Waals surface area contributed by atoms with Gasteiger partial charge in [0.25, 0.3) is 5.91 Å². The van der Waals surface area contributed by atoms with Gasteiger partial charge in [-0.1, -0.05) is 11.8 Å². The van der Waals surface area contributed by atoms with Gasteiger partial charge in [0.2, 0.25) is 5.91 Å². The van der Waals surface area contributed by atoms with E-state index < -0.39 is 5.97 Å². The Morgan fingerprint density at radius 2 is 2.03 bits per heavy atom. The maximum absolute atomic E-state index is 12.8. The minimum Gasteiger partial charge on any atom is -0.465 e. The number of nitrogens with zero attached hydrogens (tertiary/aromatic N) is 4. The molecule has 2 amide bonds. The number of methoxy groups -OCH3 is 1. The molecule has 1 saturated carbocycles. The van der Waals surface area contributed by atoms with Crippen molar-refractivity contribution < 1.29 is 23.9 Å². The second-order valence-corrected chi connectivity index (χ2v) is 10.6. The fourth-order valence-corrected chi connectivity index (χ4v) is 5.85. The Balaban J connectivity index is 1.48. The lowest BCUT2D eigenvalue weighted by atomic mass is 10.1. The van der Waals surface area contributed by atoms with Gasteiger partial charge < -0.3 is 24.3 Å². The molecule has 0 spiro atoms. The number of anilines is 1. The predicted octanol–water partition coefficient (Wildman–Crippen LogP) is 2.92. The molecule has 2 aliphatic rings. The molecule has 0 bridgehead atoms. The van der Waals surface area contributed by atoms with E-state index in [-0.39, 0.29) is 29.2 Å². The molecule has 34 heavy (non-hydrogen) atoms. The van der Waals surface area contributed by atoms with Crippen LogP contribution in [-0.2, 0) is 20.8 Å². The maximum atomic E-state index is 12.8. The highest BCUT2D eigenvalue weighted by atomic mass is 32.2. The van der Waals surface area contributed by atoms with E-state index in [1.807, 2.05) is 0 Å². The summed E-state index contributed by atoms with van der Waals surface area (Å²) >= 11 is 2.38. The highest BCUT2D eigenvalue weighted by Gasteiger charge is 2.32. The smallest absolute Gasteiger partial charge is 0.341 e. The van der Waals surface area contributed by atoms with Gasteiger partial charge >= 0.3 is 5.97 Å². The summed E-state index contributed by atoms with van der Waals surface area (Å²) in [5.74, 6) is 0.341. The van der Waals surface area contributed by atoms with Crippen LogP contribution in [0.5, 0.6) is 0 Å². The Kier molecular flexibility index (Phi) is 7.58. The Morgan fingerprint density at radius 1 is 1.26 bits per heavy atom. The van der Waals surface area contributed by atoms with Crippen LogP contribution in [0.2, 0.25) is 0 Å². The normalized spacial score (nSPS) is 17.6. The second kappa shape index (κ2) is 10.4. The lowest BCUT2D eigenvalue weighted by Crippen LogP contribution is -2.21. The van der Waals surface area contributed by atoms with Gasteiger partial charge in [-0.25, -0.2) is 4.79 Å². The van der Waals surface area contributed by atoms with Crippen LogP contribution in [0.25, 0.3) is 0 Å². The van der Waals surface area contributed by atoms with Crippen molar-refractivity contribution in [2.75, 3.05) is 38.9 Å². The quantitative estimate of drug-likeness (QED) is 0.407. The highest BCUT2D eigenvalue weighted by Crippen LogP contribution is 2.40. The number of hydrogen-bond acceptors (Lipinski definition) is 9. The third-order valence-electron chi connectivity index (χ3n) is 5.82. The second-order valence-electron chi connectivity index (χ2n) is 8.65. The monoisotopic (exact) mass is 507 g/mol. The Morgan fingerprint density at radius 3 is 2.65 bits per heavy atom. The third kappa shape index (κ3) is 5.28. The molecule has 0 aromatic carbocycles. The van der Waals surface area contributed by atoms with E-state index in [0.717, 1.165) is 49.5 Å². The van der Waals surface area contributed by atoms with Crippen LogP contribution < -0.4 is 5.32 Å². The zero-order valence-electron chi connectivity index (χ0n) is 19.8. The summed E-state index contributed by atoms with van der Waals surface area (Å²) in [5, 5.41) is 12.5. The van der Waals surface area contributed by atoms with Gasteiger partial charge in [-0.15, -0.1) is 21.5 Å². The van der Waals surface area contributed by atoms with Crippen molar-refractivity contribution in [1.29, 1.82) is 0 Å².